The molecule has 0 aromatic carbocycles. The maximum atomic E-state index is 2.35. The molecule has 4 unspecified atom stereocenters. The van der Waals surface area contributed by atoms with E-state index in [-0.39, 0.29) is 0 Å². The van der Waals surface area contributed by atoms with Crippen molar-refractivity contribution in [1.82, 2.24) is 0 Å². The molecule has 10 aliphatic rings. The van der Waals surface area contributed by atoms with Crippen LogP contribution >= 0.6 is 0 Å². The summed E-state index contributed by atoms with van der Waals surface area (Å²) in [6, 6.07) is 0. The number of fused-ring (bicyclic) bond motifs is 10. The second kappa shape index (κ2) is 2.69. The first-order chi connectivity index (χ1) is 15.1. The molecule has 4 atom stereocenters. The first kappa shape index (κ1) is 17.9. The quantitative estimate of drug-likeness (QED) is 0.139. The second-order valence-corrected chi connectivity index (χ2v) is 39.9. The third-order valence-corrected chi connectivity index (χ3v) is 64.4. The number of hydrogen-bond donors (Lipinski definition) is 0. The van der Waals surface area contributed by atoms with Gasteiger partial charge in [-0.1, -0.05) is 0 Å². The zero-order valence-electron chi connectivity index (χ0n) is 20.7. The zero-order valence-corrected chi connectivity index (χ0v) is 21.8. The van der Waals surface area contributed by atoms with E-state index in [1.54, 1.807) is 51.4 Å². The molecule has 0 radical (unpaired) electrons. The second-order valence-electron chi connectivity index (χ2n) is 16.5. The molecule has 0 aromatic heterocycles. The van der Waals surface area contributed by atoms with Gasteiger partial charge in [-0.15, -0.1) is 0 Å². The minimum absolute atomic E-state index is 1.18. The van der Waals surface area contributed by atoms with Gasteiger partial charge in [0.25, 0.3) is 0 Å². The average Bonchev–Trinajstić information content (AvgIpc) is 3.72. The maximum absolute atomic E-state index is 3.00. The van der Waals surface area contributed by atoms with Gasteiger partial charge in [-0.3, -0.25) is 0 Å². The Balaban J connectivity index is 0.828. The van der Waals surface area contributed by atoms with Crippen LogP contribution in [0.5, 0.6) is 0 Å². The van der Waals surface area contributed by atoms with E-state index in [0.29, 0.717) is 0 Å². The van der Waals surface area contributed by atoms with Crippen LogP contribution in [0.2, 0.25) is 47.2 Å². The van der Waals surface area contributed by atoms with Gasteiger partial charge in [-0.2, -0.15) is 0 Å². The van der Waals surface area contributed by atoms with Gasteiger partial charge in [-0.05, 0) is 0 Å². The first-order valence-corrected chi connectivity index (χ1v) is 21.5. The summed E-state index contributed by atoms with van der Waals surface area (Å²) in [6.45, 7) is 1.69. The normalized spacial score (nSPS) is 73.2. The van der Waals surface area contributed by atoms with Gasteiger partial charge in [0.05, 0.1) is 0 Å². The molecule has 0 amide bonds. The van der Waals surface area contributed by atoms with Crippen LogP contribution in [0.3, 0.4) is 0 Å². The molecule has 178 valence electrons. The summed E-state index contributed by atoms with van der Waals surface area (Å²) in [4.78, 5) is 12.3. The summed E-state index contributed by atoms with van der Waals surface area (Å²) in [5, 5.41) is 0. The number of unbranched alkanes of at least 4 members (excludes halogenated alkanes) is 14. The molecule has 0 bridgehead atoms. The predicted molar refractivity (Wildman–Crippen MR) is 130 cm³/mol. The van der Waals surface area contributed by atoms with Crippen molar-refractivity contribution in [2.24, 2.45) is 0 Å². The van der Waals surface area contributed by atoms with E-state index >= 15 is 0 Å². The SMILES string of the molecule is CCCCCCCCCC[C]12[CH]3[CH]4[CH]5[C]1(CCCCCCCCCC)[Fe]43521678[CH]2[CH]1[CH]6[CH]7[CH]28. The van der Waals surface area contributed by atoms with Crippen molar-refractivity contribution >= 4 is 0 Å². The van der Waals surface area contributed by atoms with Crippen molar-refractivity contribution in [3.05, 3.63) is 0 Å². The molecule has 10 aliphatic heterocycles. The Hall–Kier alpha value is 0.519. The van der Waals surface area contributed by atoms with Gasteiger partial charge in [0.1, 0.15) is 0 Å². The molecule has 0 aromatic rings. The van der Waals surface area contributed by atoms with Crippen LogP contribution in [0, 0.1) is 0 Å². The Morgan fingerprint density at radius 3 is 1.03 bits per heavy atom. The van der Waals surface area contributed by atoms with E-state index in [9.17, 15) is 0 Å². The Labute approximate surface area is 182 Å². The van der Waals surface area contributed by atoms with Crippen molar-refractivity contribution < 1.29 is 6.51 Å². The zero-order chi connectivity index (χ0) is 20.7. The van der Waals surface area contributed by atoms with Crippen LogP contribution in [-0.2, 0) is 6.51 Å². The van der Waals surface area contributed by atoms with Gasteiger partial charge in [-0.25, -0.2) is 0 Å². The molecule has 0 saturated carbocycles. The third kappa shape index (κ3) is 0.399. The van der Waals surface area contributed by atoms with Crippen molar-refractivity contribution in [3.8, 4) is 0 Å². The van der Waals surface area contributed by atoms with Crippen molar-refractivity contribution in [2.75, 3.05) is 0 Å². The summed E-state index contributed by atoms with van der Waals surface area (Å²) in [6.07, 6.45) is 28.2. The molecule has 1 heteroatoms. The molecule has 0 aliphatic carbocycles. The third-order valence-electron chi connectivity index (χ3n) is 20.3. The standard InChI is InChI=1S/C25H45.C5H5.Fe/c1-3-5-7-9-11-13-15-17-20-24-22-19-23-25(24)21-18-16-14-12-10-8-6-4-2;1-2-4-5-3-1;/h19,22-23H,3-18,20-21H2,1-2H3;1-5H;. The monoisotopic (exact) mass is 466 g/mol. The number of rotatable bonds is 18. The van der Waals surface area contributed by atoms with Gasteiger partial charge >= 0.3 is 183 Å². The topological polar surface area (TPSA) is 0 Å². The molecule has 0 nitrogen and oxygen atoms in total. The van der Waals surface area contributed by atoms with Crippen LogP contribution in [0.25, 0.3) is 0 Å². The van der Waals surface area contributed by atoms with E-state index in [1.807, 2.05) is 12.8 Å². The van der Waals surface area contributed by atoms with Crippen molar-refractivity contribution in [3.63, 3.8) is 0 Å². The molecule has 10 saturated heterocycles. The van der Waals surface area contributed by atoms with Gasteiger partial charge < -0.3 is 0 Å². The summed E-state index contributed by atoms with van der Waals surface area (Å²) in [5.41, 5.74) is 0. The van der Waals surface area contributed by atoms with E-state index in [2.05, 4.69) is 13.8 Å². The Morgan fingerprint density at radius 1 is 0.419 bits per heavy atom. The summed E-state index contributed by atoms with van der Waals surface area (Å²) < 4.78 is 2.35. The van der Waals surface area contributed by atoms with Gasteiger partial charge in [0, 0.05) is 0 Å². The Morgan fingerprint density at radius 2 is 0.742 bits per heavy atom. The molecule has 10 heterocycles. The molecule has 10 rings (SSSR count). The van der Waals surface area contributed by atoms with Gasteiger partial charge in [0.15, 0.2) is 0 Å². The fourth-order valence-electron chi connectivity index (χ4n) is 22.0. The van der Waals surface area contributed by atoms with E-state index < -0.39 is 6.51 Å². The Kier molecular flexibility index (Phi) is 1.55. The molecular formula is C30H50Fe. The minimum atomic E-state index is -3.00. The summed E-state index contributed by atoms with van der Waals surface area (Å²) in [7, 11) is 0. The van der Waals surface area contributed by atoms with Gasteiger partial charge in [0.2, 0.25) is 0 Å². The van der Waals surface area contributed by atoms with Crippen LogP contribution in [-0.4, -0.2) is 0 Å². The molecule has 1 spiro atoms. The van der Waals surface area contributed by atoms with E-state index in [1.165, 1.54) is 98.5 Å². The fraction of sp³-hybridized carbons (Fsp3) is 1.00. The average molecular weight is 467 g/mol. The van der Waals surface area contributed by atoms with Crippen molar-refractivity contribution in [2.45, 2.75) is 177 Å². The molecule has 0 N–H and O–H groups in total. The predicted octanol–water partition coefficient (Wildman–Crippen LogP) is 11.2. The van der Waals surface area contributed by atoms with Crippen LogP contribution in [0.1, 0.15) is 129 Å². The molecule has 31 heavy (non-hydrogen) atoms. The van der Waals surface area contributed by atoms with Crippen LogP contribution in [0.15, 0.2) is 0 Å². The molecule has 10 fully saturated rings. The summed E-state index contributed by atoms with van der Waals surface area (Å²) >= 11 is 0. The summed E-state index contributed by atoms with van der Waals surface area (Å²) in [5.74, 6) is 0. The fourth-order valence-corrected chi connectivity index (χ4v) is 100. The number of hydrogen-bond acceptors (Lipinski definition) is 0. The van der Waals surface area contributed by atoms with Crippen LogP contribution in [0.4, 0.5) is 0 Å². The first-order valence-electron chi connectivity index (χ1n) is 15.3. The van der Waals surface area contributed by atoms with Crippen LogP contribution < -0.4 is 0 Å². The van der Waals surface area contributed by atoms with E-state index in [0.717, 1.165) is 0 Å². The molecular weight excluding hydrogens is 416 g/mol. The Bertz CT molecular complexity index is 1080. The van der Waals surface area contributed by atoms with E-state index in [4.69, 9.17) is 0 Å². The van der Waals surface area contributed by atoms with Crippen molar-refractivity contribution in [1.29, 1.82) is 0 Å².